The minimum absolute atomic E-state index is 0.00690. The molecular weight excluding hydrogens is 580 g/mol. The molecule has 0 spiro atoms. The lowest BCUT2D eigenvalue weighted by atomic mass is 9.79. The van der Waals surface area contributed by atoms with E-state index < -0.39 is 85.1 Å². The van der Waals surface area contributed by atoms with Crippen LogP contribution in [0, 0.1) is 17.8 Å². The lowest BCUT2D eigenvalue weighted by Gasteiger charge is -2.46. The van der Waals surface area contributed by atoms with Crippen LogP contribution in [0.15, 0.2) is 11.8 Å². The molecule has 10 atom stereocenters. The van der Waals surface area contributed by atoms with E-state index in [0.29, 0.717) is 0 Å². The zero-order valence-corrected chi connectivity index (χ0v) is 24.7. The van der Waals surface area contributed by atoms with E-state index in [9.17, 15) is 39.9 Å². The molecule has 43 heavy (non-hydrogen) atoms. The second-order valence-electron chi connectivity index (χ2n) is 11.1. The Bertz CT molecular complexity index is 1010. The van der Waals surface area contributed by atoms with Crippen LogP contribution in [-0.4, -0.2) is 119 Å². The highest BCUT2D eigenvalue weighted by Gasteiger charge is 2.70. The van der Waals surface area contributed by atoms with Crippen molar-refractivity contribution in [1.29, 1.82) is 0 Å². The first-order valence-electron chi connectivity index (χ1n) is 14.1. The molecule has 10 unspecified atom stereocenters. The summed E-state index contributed by atoms with van der Waals surface area (Å²) in [7, 11) is 0. The Morgan fingerprint density at radius 3 is 2.28 bits per heavy atom. The fourth-order valence-electron chi connectivity index (χ4n) is 5.51. The maximum atomic E-state index is 12.8. The molecule has 3 aliphatic rings. The molecule has 2 heterocycles. The van der Waals surface area contributed by atoms with Gasteiger partial charge in [-0.2, -0.15) is 0 Å². The van der Waals surface area contributed by atoms with E-state index in [4.69, 9.17) is 37.9 Å². The lowest BCUT2D eigenvalue weighted by molar-refractivity contribution is -0.321. The van der Waals surface area contributed by atoms with Crippen LogP contribution in [-0.2, 0) is 42.7 Å². The van der Waals surface area contributed by atoms with Crippen LogP contribution in [0.1, 0.15) is 47.5 Å². The van der Waals surface area contributed by atoms with Gasteiger partial charge in [0.15, 0.2) is 12.4 Å². The molecule has 3 rings (SSSR count). The molecule has 1 aliphatic carbocycles. The van der Waals surface area contributed by atoms with Gasteiger partial charge in [0.1, 0.15) is 30.3 Å². The Labute approximate surface area is 248 Å². The van der Waals surface area contributed by atoms with Crippen molar-refractivity contribution in [3.05, 3.63) is 11.8 Å². The van der Waals surface area contributed by atoms with E-state index in [1.165, 1.54) is 27.0 Å². The fraction of sp³-hybridized carbons (Fsp3) is 0.815. The predicted molar refractivity (Wildman–Crippen MR) is 139 cm³/mol. The second-order valence-corrected chi connectivity index (χ2v) is 11.1. The van der Waals surface area contributed by atoms with Gasteiger partial charge in [0, 0.05) is 19.3 Å². The molecule has 0 aromatic heterocycles. The van der Waals surface area contributed by atoms with Crippen LogP contribution >= 0.6 is 0 Å². The van der Waals surface area contributed by atoms with E-state index in [0.717, 1.165) is 0 Å². The van der Waals surface area contributed by atoms with Crippen molar-refractivity contribution in [3.63, 3.8) is 0 Å². The topological polar surface area (TPSA) is 226 Å². The molecule has 16 nitrogen and oxygen atoms in total. The average molecular weight is 623 g/mol. The Morgan fingerprint density at radius 2 is 1.67 bits per heavy atom. The van der Waals surface area contributed by atoms with E-state index in [1.807, 2.05) is 0 Å². The summed E-state index contributed by atoms with van der Waals surface area (Å²) >= 11 is 0. The monoisotopic (exact) mass is 622 g/mol. The summed E-state index contributed by atoms with van der Waals surface area (Å²) in [6, 6.07) is 0. The highest BCUT2D eigenvalue weighted by atomic mass is 16.8. The summed E-state index contributed by atoms with van der Waals surface area (Å²) in [6.07, 6.45) is -10.8. The van der Waals surface area contributed by atoms with Gasteiger partial charge in [-0.1, -0.05) is 13.8 Å². The van der Waals surface area contributed by atoms with Crippen LogP contribution in [0.4, 0.5) is 9.59 Å². The number of hydrogen-bond donors (Lipinski definition) is 5. The maximum absolute atomic E-state index is 12.8. The largest absolute Gasteiger partial charge is 0.510 e. The van der Waals surface area contributed by atoms with Gasteiger partial charge in [-0.15, -0.1) is 0 Å². The van der Waals surface area contributed by atoms with Gasteiger partial charge in [-0.3, -0.25) is 4.79 Å². The number of aliphatic hydroxyl groups is 5. The number of fused-ring (bicyclic) bond motifs is 1. The van der Waals surface area contributed by atoms with E-state index in [1.54, 1.807) is 13.8 Å². The molecule has 16 heteroatoms. The van der Waals surface area contributed by atoms with Gasteiger partial charge in [-0.05, 0) is 31.8 Å². The summed E-state index contributed by atoms with van der Waals surface area (Å²) in [5, 5.41) is 52.0. The van der Waals surface area contributed by atoms with Gasteiger partial charge < -0.3 is 63.4 Å². The molecule has 0 bridgehead atoms. The predicted octanol–water partition coefficient (Wildman–Crippen LogP) is 0.0620. The highest BCUT2D eigenvalue weighted by Crippen LogP contribution is 2.55. The first kappa shape index (κ1) is 34.8. The van der Waals surface area contributed by atoms with Gasteiger partial charge in [-0.25, -0.2) is 9.59 Å². The van der Waals surface area contributed by atoms with Crippen LogP contribution < -0.4 is 0 Å². The summed E-state index contributed by atoms with van der Waals surface area (Å²) in [4.78, 5) is 37.6. The third kappa shape index (κ3) is 7.68. The number of aliphatic hydroxyl groups excluding tert-OH is 4. The summed E-state index contributed by atoms with van der Waals surface area (Å²) in [5.41, 5.74) is 0.264. The second kappa shape index (κ2) is 14.4. The van der Waals surface area contributed by atoms with Gasteiger partial charge in [0.2, 0.25) is 0 Å². The summed E-state index contributed by atoms with van der Waals surface area (Å²) in [5.74, 6) is -7.73. The number of rotatable bonds is 11. The summed E-state index contributed by atoms with van der Waals surface area (Å²) in [6.45, 7) is 6.75. The van der Waals surface area contributed by atoms with E-state index in [2.05, 4.69) is 0 Å². The van der Waals surface area contributed by atoms with Crippen molar-refractivity contribution in [2.75, 3.05) is 26.4 Å². The molecule has 0 aromatic carbocycles. The first-order valence-corrected chi connectivity index (χ1v) is 14.1. The zero-order valence-electron chi connectivity index (χ0n) is 24.7. The minimum atomic E-state index is -2.67. The van der Waals surface area contributed by atoms with Crippen LogP contribution in [0.5, 0.6) is 0 Å². The number of carbonyl (C=O) groups excluding carboxylic acids is 3. The molecule has 246 valence electrons. The molecular formula is C27H42O16. The fourth-order valence-corrected chi connectivity index (χ4v) is 5.51. The van der Waals surface area contributed by atoms with E-state index >= 15 is 0 Å². The smallest absolute Gasteiger partial charge is 0.459 e. The van der Waals surface area contributed by atoms with Crippen LogP contribution in [0.3, 0.4) is 0 Å². The molecule has 0 amide bonds. The number of ether oxygens (including phenoxy) is 8. The highest BCUT2D eigenvalue weighted by molar-refractivity contribution is 5.70. The Hall–Kier alpha value is -2.73. The van der Waals surface area contributed by atoms with Crippen LogP contribution in [0.25, 0.3) is 0 Å². The number of hydrogen-bond acceptors (Lipinski definition) is 16. The van der Waals surface area contributed by atoms with Crippen LogP contribution in [0.2, 0.25) is 0 Å². The quantitative estimate of drug-likeness (QED) is 0.117. The molecule has 1 saturated carbocycles. The van der Waals surface area contributed by atoms with Crippen molar-refractivity contribution in [3.8, 4) is 0 Å². The normalized spacial score (nSPS) is 37.0. The summed E-state index contributed by atoms with van der Waals surface area (Å²) < 4.78 is 43.0. The zero-order chi connectivity index (χ0) is 32.1. The third-order valence-corrected chi connectivity index (χ3v) is 7.43. The Morgan fingerprint density at radius 1 is 1.02 bits per heavy atom. The molecule has 5 N–H and O–H groups in total. The maximum Gasteiger partial charge on any atom is 0.510 e. The molecule has 2 fully saturated rings. The first-order chi connectivity index (χ1) is 20.2. The molecule has 1 saturated heterocycles. The SMILES string of the molecule is CCOC(=O)OC1CC2C(COC3OC(CO)C(O)C(O)C3O)=COC(C)(OC(=O)CC(C)C)C2C1(O)OC(=O)OCC. The van der Waals surface area contributed by atoms with Crippen molar-refractivity contribution in [2.24, 2.45) is 17.8 Å². The van der Waals surface area contributed by atoms with Gasteiger partial charge in [0.05, 0.1) is 32.7 Å². The van der Waals surface area contributed by atoms with E-state index in [-0.39, 0.29) is 44.2 Å². The Kier molecular flexibility index (Phi) is 11.6. The lowest BCUT2D eigenvalue weighted by Crippen LogP contribution is -2.60. The van der Waals surface area contributed by atoms with Crippen molar-refractivity contribution in [2.45, 2.75) is 95.8 Å². The third-order valence-electron chi connectivity index (χ3n) is 7.43. The molecule has 2 aliphatic heterocycles. The van der Waals surface area contributed by atoms with Crippen molar-refractivity contribution >= 4 is 18.3 Å². The Balaban J connectivity index is 1.98. The van der Waals surface area contributed by atoms with Crippen molar-refractivity contribution in [1.82, 2.24) is 0 Å². The number of carbonyl (C=O) groups is 3. The van der Waals surface area contributed by atoms with Gasteiger partial charge >= 0.3 is 18.3 Å². The van der Waals surface area contributed by atoms with Gasteiger partial charge in [0.25, 0.3) is 11.6 Å². The molecule has 0 aromatic rings. The number of esters is 1. The standard InChI is InChI=1S/C27H42O16/c1-6-36-24(33)41-17-9-15-14(11-38-23-21(32)20(31)19(30)16(10-28)40-23)12-39-26(5,42-18(29)8-13(3)4)22(15)27(17,35)43-25(34)37-7-2/h12-13,15-17,19-23,28,30-32,35H,6-11H2,1-5H3. The minimum Gasteiger partial charge on any atom is -0.459 e. The molecule has 0 radical (unpaired) electrons. The van der Waals surface area contributed by atoms with Crippen molar-refractivity contribution < 1.29 is 77.8 Å². The average Bonchev–Trinajstić information content (AvgIpc) is 3.19.